The van der Waals surface area contributed by atoms with Crippen LogP contribution in [-0.2, 0) is 6.54 Å². The lowest BCUT2D eigenvalue weighted by atomic mass is 9.93. The van der Waals surface area contributed by atoms with Gasteiger partial charge in [-0.2, -0.15) is 5.10 Å². The molecule has 1 aliphatic rings. The summed E-state index contributed by atoms with van der Waals surface area (Å²) in [6, 6.07) is 10.4. The first-order valence-corrected chi connectivity index (χ1v) is 8.65. The Bertz CT molecular complexity index is 846. The van der Waals surface area contributed by atoms with Gasteiger partial charge in [-0.15, -0.1) is 0 Å². The highest BCUT2D eigenvalue weighted by Gasteiger charge is 2.23. The van der Waals surface area contributed by atoms with Crippen LogP contribution in [0.5, 0.6) is 0 Å². The van der Waals surface area contributed by atoms with Crippen LogP contribution >= 0.6 is 0 Å². The average molecular weight is 321 g/mol. The van der Waals surface area contributed by atoms with E-state index in [4.69, 9.17) is 0 Å². The molecular formula is C19H23N5. The quantitative estimate of drug-likeness (QED) is 0.743. The number of hydrogen-bond acceptors (Lipinski definition) is 4. The van der Waals surface area contributed by atoms with Crippen LogP contribution in [0.25, 0.3) is 5.65 Å². The molecule has 0 atom stereocenters. The Balaban J connectivity index is 1.45. The van der Waals surface area contributed by atoms with Gasteiger partial charge in [0.1, 0.15) is 0 Å². The summed E-state index contributed by atoms with van der Waals surface area (Å²) in [4.78, 5) is 11.5. The molecule has 0 radical (unpaired) electrons. The minimum absolute atomic E-state index is 0.552. The molecule has 3 aromatic rings. The van der Waals surface area contributed by atoms with Crippen LogP contribution in [0.2, 0.25) is 0 Å². The molecule has 5 nitrogen and oxygen atoms in total. The fourth-order valence-corrected chi connectivity index (χ4v) is 3.64. The molecule has 24 heavy (non-hydrogen) atoms. The zero-order valence-corrected chi connectivity index (χ0v) is 14.3. The van der Waals surface area contributed by atoms with Gasteiger partial charge < -0.3 is 0 Å². The van der Waals surface area contributed by atoms with Crippen molar-refractivity contribution in [3.05, 3.63) is 59.3 Å². The summed E-state index contributed by atoms with van der Waals surface area (Å²) in [7, 11) is 0. The minimum Gasteiger partial charge on any atom is -0.297 e. The average Bonchev–Trinajstić information content (AvgIpc) is 2.96. The topological polar surface area (TPSA) is 46.3 Å². The monoisotopic (exact) mass is 321 g/mol. The first-order valence-electron chi connectivity index (χ1n) is 8.65. The van der Waals surface area contributed by atoms with Gasteiger partial charge in [0, 0.05) is 36.1 Å². The molecule has 1 fully saturated rings. The number of fused-ring (bicyclic) bond motifs is 1. The van der Waals surface area contributed by atoms with Crippen LogP contribution in [0.15, 0.2) is 36.5 Å². The molecule has 1 aliphatic heterocycles. The van der Waals surface area contributed by atoms with Crippen molar-refractivity contribution in [2.45, 2.75) is 39.2 Å². The molecule has 124 valence electrons. The molecule has 4 heterocycles. The number of rotatable bonds is 3. The Kier molecular flexibility index (Phi) is 4.02. The maximum Gasteiger partial charge on any atom is 0.155 e. The van der Waals surface area contributed by atoms with Gasteiger partial charge in [-0.3, -0.25) is 9.88 Å². The largest absolute Gasteiger partial charge is 0.297 e. The number of aromatic nitrogens is 4. The van der Waals surface area contributed by atoms with E-state index in [0.29, 0.717) is 5.92 Å². The van der Waals surface area contributed by atoms with E-state index in [2.05, 4.69) is 51.2 Å². The van der Waals surface area contributed by atoms with Crippen LogP contribution in [0.3, 0.4) is 0 Å². The molecule has 0 unspecified atom stereocenters. The maximum atomic E-state index is 4.62. The van der Waals surface area contributed by atoms with Gasteiger partial charge >= 0.3 is 0 Å². The fraction of sp³-hybridized carbons (Fsp3) is 0.421. The van der Waals surface area contributed by atoms with Crippen molar-refractivity contribution in [1.29, 1.82) is 0 Å². The molecule has 3 aromatic heterocycles. The van der Waals surface area contributed by atoms with E-state index in [1.165, 1.54) is 11.4 Å². The van der Waals surface area contributed by atoms with Crippen LogP contribution in [-0.4, -0.2) is 37.6 Å². The van der Waals surface area contributed by atoms with Crippen molar-refractivity contribution in [1.82, 2.24) is 24.5 Å². The van der Waals surface area contributed by atoms with Crippen LogP contribution in [0, 0.1) is 13.8 Å². The summed E-state index contributed by atoms with van der Waals surface area (Å²) in [5, 5.41) is 4.62. The summed E-state index contributed by atoms with van der Waals surface area (Å²) in [6.45, 7) is 7.22. The highest BCUT2D eigenvalue weighted by atomic mass is 15.3. The number of aryl methyl sites for hydroxylation is 2. The summed E-state index contributed by atoms with van der Waals surface area (Å²) in [5.41, 5.74) is 5.54. The van der Waals surface area contributed by atoms with Gasteiger partial charge in [0.05, 0.1) is 11.4 Å². The molecule has 0 bridgehead atoms. The van der Waals surface area contributed by atoms with E-state index in [1.54, 1.807) is 0 Å². The second kappa shape index (κ2) is 6.32. The van der Waals surface area contributed by atoms with E-state index < -0.39 is 0 Å². The number of likely N-dealkylation sites (tertiary alicyclic amines) is 1. The molecule has 0 saturated carbocycles. The molecule has 0 aliphatic carbocycles. The Hall–Kier alpha value is -2.27. The number of piperidine rings is 1. The third-order valence-electron chi connectivity index (χ3n) is 4.85. The minimum atomic E-state index is 0.552. The summed E-state index contributed by atoms with van der Waals surface area (Å²) in [6.07, 6.45) is 4.22. The smallest absolute Gasteiger partial charge is 0.155 e. The fourth-order valence-electron chi connectivity index (χ4n) is 3.64. The van der Waals surface area contributed by atoms with Gasteiger partial charge in [0.15, 0.2) is 5.65 Å². The van der Waals surface area contributed by atoms with E-state index in [1.807, 2.05) is 23.7 Å². The van der Waals surface area contributed by atoms with E-state index in [0.717, 1.165) is 49.5 Å². The lowest BCUT2D eigenvalue weighted by Crippen LogP contribution is -2.33. The van der Waals surface area contributed by atoms with Crippen molar-refractivity contribution in [2.75, 3.05) is 13.1 Å². The van der Waals surface area contributed by atoms with Crippen molar-refractivity contribution >= 4 is 5.65 Å². The number of nitrogens with zero attached hydrogens (tertiary/aromatic N) is 5. The van der Waals surface area contributed by atoms with Crippen LogP contribution in [0.4, 0.5) is 0 Å². The molecule has 0 N–H and O–H groups in total. The first kappa shape index (κ1) is 15.3. The van der Waals surface area contributed by atoms with Crippen molar-refractivity contribution in [3.8, 4) is 0 Å². The van der Waals surface area contributed by atoms with Gasteiger partial charge in [-0.25, -0.2) is 9.50 Å². The Labute approximate surface area is 142 Å². The third-order valence-corrected chi connectivity index (χ3v) is 4.85. The molecule has 5 heteroatoms. The Morgan fingerprint density at radius 3 is 2.71 bits per heavy atom. The standard InChI is InChI=1S/C19H23N5/c1-14-4-3-5-17(21-14)13-23-10-7-16(8-11-23)18-6-9-20-19-12-15(2)22-24(18)19/h3-6,9,12,16H,7-8,10-11,13H2,1-2H3. The zero-order chi connectivity index (χ0) is 16.5. The van der Waals surface area contributed by atoms with Gasteiger partial charge in [-0.05, 0) is 58.0 Å². The molecule has 0 amide bonds. The van der Waals surface area contributed by atoms with E-state index >= 15 is 0 Å². The zero-order valence-electron chi connectivity index (χ0n) is 14.3. The normalized spacial score (nSPS) is 16.8. The highest BCUT2D eigenvalue weighted by molar-refractivity contribution is 5.40. The molecule has 1 saturated heterocycles. The first-order chi connectivity index (χ1) is 11.7. The second-order valence-electron chi connectivity index (χ2n) is 6.75. The summed E-state index contributed by atoms with van der Waals surface area (Å²) < 4.78 is 2.03. The predicted octanol–water partition coefficient (Wildman–Crippen LogP) is 3.12. The highest BCUT2D eigenvalue weighted by Crippen LogP contribution is 2.28. The lowest BCUT2D eigenvalue weighted by Gasteiger charge is -2.31. The SMILES string of the molecule is Cc1cccc(CN2CCC(c3ccnc4cc(C)nn34)CC2)n1. The molecular weight excluding hydrogens is 298 g/mol. The van der Waals surface area contributed by atoms with Crippen LogP contribution < -0.4 is 0 Å². The van der Waals surface area contributed by atoms with E-state index in [9.17, 15) is 0 Å². The Morgan fingerprint density at radius 2 is 1.92 bits per heavy atom. The van der Waals surface area contributed by atoms with Crippen LogP contribution in [0.1, 0.15) is 41.5 Å². The lowest BCUT2D eigenvalue weighted by molar-refractivity contribution is 0.200. The third kappa shape index (κ3) is 3.04. The predicted molar refractivity (Wildman–Crippen MR) is 94.0 cm³/mol. The number of hydrogen-bond donors (Lipinski definition) is 0. The number of pyridine rings is 1. The van der Waals surface area contributed by atoms with E-state index in [-0.39, 0.29) is 0 Å². The molecule has 4 rings (SSSR count). The molecule has 0 aromatic carbocycles. The van der Waals surface area contributed by atoms with Crippen molar-refractivity contribution in [3.63, 3.8) is 0 Å². The van der Waals surface area contributed by atoms with Crippen molar-refractivity contribution < 1.29 is 0 Å². The van der Waals surface area contributed by atoms with Gasteiger partial charge in [0.2, 0.25) is 0 Å². The molecule has 0 spiro atoms. The van der Waals surface area contributed by atoms with Crippen molar-refractivity contribution in [2.24, 2.45) is 0 Å². The Morgan fingerprint density at radius 1 is 1.08 bits per heavy atom. The second-order valence-corrected chi connectivity index (χ2v) is 6.75. The summed E-state index contributed by atoms with van der Waals surface area (Å²) >= 11 is 0. The van der Waals surface area contributed by atoms with Gasteiger partial charge in [0.25, 0.3) is 0 Å². The van der Waals surface area contributed by atoms with Gasteiger partial charge in [-0.1, -0.05) is 6.07 Å². The maximum absolute atomic E-state index is 4.62. The summed E-state index contributed by atoms with van der Waals surface area (Å²) in [5.74, 6) is 0.552.